The van der Waals surface area contributed by atoms with E-state index < -0.39 is 0 Å². The van der Waals surface area contributed by atoms with Crippen LogP contribution in [0.4, 0.5) is 11.5 Å². The highest BCUT2D eigenvalue weighted by atomic mass is 16.5. The fourth-order valence-corrected chi connectivity index (χ4v) is 4.27. The van der Waals surface area contributed by atoms with E-state index in [1.54, 1.807) is 0 Å². The van der Waals surface area contributed by atoms with Gasteiger partial charge in [-0.2, -0.15) is 0 Å². The molecule has 2 aromatic rings. The van der Waals surface area contributed by atoms with Crippen LogP contribution < -0.4 is 15.5 Å². The molecule has 4 rings (SSSR count). The predicted octanol–water partition coefficient (Wildman–Crippen LogP) is 2.45. The molecule has 0 atom stereocenters. The Bertz CT molecular complexity index is 800. The molecular weight excluding hydrogens is 376 g/mol. The molecule has 2 N–H and O–H groups in total. The highest BCUT2D eigenvalue weighted by Crippen LogP contribution is 2.24. The summed E-state index contributed by atoms with van der Waals surface area (Å²) in [5.41, 5.74) is 3.68. The molecule has 162 valence electrons. The summed E-state index contributed by atoms with van der Waals surface area (Å²) in [5, 5.41) is 6.63. The van der Waals surface area contributed by atoms with Gasteiger partial charge in [-0.3, -0.25) is 4.90 Å². The molecule has 0 amide bonds. The van der Waals surface area contributed by atoms with Crippen molar-refractivity contribution < 1.29 is 4.74 Å². The van der Waals surface area contributed by atoms with Gasteiger partial charge in [-0.1, -0.05) is 12.1 Å². The van der Waals surface area contributed by atoms with Gasteiger partial charge in [-0.25, -0.2) is 9.97 Å². The fraction of sp³-hybridized carbons (Fsp3) is 0.565. The molecule has 2 aliphatic rings. The predicted molar refractivity (Wildman–Crippen MR) is 121 cm³/mol. The number of rotatable bonds is 7. The second kappa shape index (κ2) is 10.2. The lowest BCUT2D eigenvalue weighted by Gasteiger charge is -2.29. The molecule has 3 heterocycles. The minimum Gasteiger partial charge on any atom is -0.378 e. The molecule has 0 aliphatic carbocycles. The summed E-state index contributed by atoms with van der Waals surface area (Å²) in [6, 6.07) is 11.0. The van der Waals surface area contributed by atoms with Crippen LogP contribution in [0.3, 0.4) is 0 Å². The Balaban J connectivity index is 1.38. The van der Waals surface area contributed by atoms with E-state index in [4.69, 9.17) is 14.7 Å². The summed E-state index contributed by atoms with van der Waals surface area (Å²) in [5.74, 6) is 2.36. The first kappa shape index (κ1) is 21.0. The quantitative estimate of drug-likeness (QED) is 0.727. The van der Waals surface area contributed by atoms with Crippen LogP contribution in [-0.4, -0.2) is 68.4 Å². The molecule has 1 aromatic heterocycles. The molecule has 30 heavy (non-hydrogen) atoms. The Morgan fingerprint density at radius 1 is 1.10 bits per heavy atom. The summed E-state index contributed by atoms with van der Waals surface area (Å²) < 4.78 is 5.45. The number of anilines is 2. The summed E-state index contributed by atoms with van der Waals surface area (Å²) >= 11 is 0. The van der Waals surface area contributed by atoms with Crippen LogP contribution in [0.2, 0.25) is 0 Å². The number of benzene rings is 1. The van der Waals surface area contributed by atoms with Gasteiger partial charge in [-0.05, 0) is 50.7 Å². The number of aromatic nitrogens is 2. The molecule has 2 fully saturated rings. The van der Waals surface area contributed by atoms with E-state index in [9.17, 15) is 0 Å². The third kappa shape index (κ3) is 5.47. The first-order chi connectivity index (χ1) is 14.7. The lowest BCUT2D eigenvalue weighted by Crippen LogP contribution is -2.36. The van der Waals surface area contributed by atoms with Crippen molar-refractivity contribution in [2.45, 2.75) is 31.8 Å². The van der Waals surface area contributed by atoms with E-state index in [0.29, 0.717) is 5.92 Å². The van der Waals surface area contributed by atoms with Crippen molar-refractivity contribution in [3.63, 3.8) is 0 Å². The van der Waals surface area contributed by atoms with E-state index >= 15 is 0 Å². The summed E-state index contributed by atoms with van der Waals surface area (Å²) in [6.45, 7) is 7.38. The van der Waals surface area contributed by atoms with Gasteiger partial charge in [-0.15, -0.1) is 0 Å². The van der Waals surface area contributed by atoms with Crippen LogP contribution in [0.15, 0.2) is 30.3 Å². The molecule has 7 heteroatoms. The molecule has 0 spiro atoms. The van der Waals surface area contributed by atoms with Crippen molar-refractivity contribution in [2.24, 2.45) is 0 Å². The first-order valence-corrected chi connectivity index (χ1v) is 11.1. The lowest BCUT2D eigenvalue weighted by molar-refractivity contribution is 0.122. The molecule has 2 saturated heterocycles. The monoisotopic (exact) mass is 410 g/mol. The zero-order valence-electron chi connectivity index (χ0n) is 18.2. The lowest BCUT2D eigenvalue weighted by atomic mass is 9.97. The molecule has 0 unspecified atom stereocenters. The number of hydrogen-bond donors (Lipinski definition) is 2. The van der Waals surface area contributed by atoms with Crippen molar-refractivity contribution in [1.29, 1.82) is 0 Å². The second-order valence-corrected chi connectivity index (χ2v) is 8.32. The van der Waals surface area contributed by atoms with Crippen molar-refractivity contribution in [3.05, 3.63) is 47.4 Å². The standard InChI is InChI=1S/C23H34N6O/c1-24-22-15-20(26-23(27-22)19-7-9-25-10-8-19)17-28(2)16-18-3-5-21(6-4-18)29-11-13-30-14-12-29/h3-6,15,19,25H,7-14,16-17H2,1-2H3,(H,24,26,27). The summed E-state index contributed by atoms with van der Waals surface area (Å²) in [4.78, 5) is 14.4. The van der Waals surface area contributed by atoms with E-state index in [0.717, 1.165) is 82.7 Å². The number of nitrogens with zero attached hydrogens (tertiary/aromatic N) is 4. The van der Waals surface area contributed by atoms with Gasteiger partial charge in [0.1, 0.15) is 11.6 Å². The number of nitrogens with one attached hydrogen (secondary N) is 2. The Labute approximate surface area is 179 Å². The average Bonchev–Trinajstić information content (AvgIpc) is 2.80. The third-order valence-corrected chi connectivity index (χ3v) is 5.95. The minimum atomic E-state index is 0.455. The van der Waals surface area contributed by atoms with Gasteiger partial charge in [0, 0.05) is 50.9 Å². The largest absolute Gasteiger partial charge is 0.378 e. The smallest absolute Gasteiger partial charge is 0.134 e. The minimum absolute atomic E-state index is 0.455. The van der Waals surface area contributed by atoms with Crippen molar-refractivity contribution in [3.8, 4) is 0 Å². The molecule has 0 radical (unpaired) electrons. The van der Waals surface area contributed by atoms with Crippen molar-refractivity contribution >= 4 is 11.5 Å². The molecule has 7 nitrogen and oxygen atoms in total. The summed E-state index contributed by atoms with van der Waals surface area (Å²) in [6.07, 6.45) is 2.22. The highest BCUT2D eigenvalue weighted by molar-refractivity contribution is 5.48. The molecular formula is C23H34N6O. The van der Waals surface area contributed by atoms with E-state index in [1.165, 1.54) is 11.3 Å². The van der Waals surface area contributed by atoms with Crippen molar-refractivity contribution in [1.82, 2.24) is 20.2 Å². The Morgan fingerprint density at radius 2 is 1.83 bits per heavy atom. The first-order valence-electron chi connectivity index (χ1n) is 11.1. The third-order valence-electron chi connectivity index (χ3n) is 5.95. The van der Waals surface area contributed by atoms with Crippen LogP contribution in [0.5, 0.6) is 0 Å². The van der Waals surface area contributed by atoms with E-state index in [2.05, 4.69) is 57.8 Å². The van der Waals surface area contributed by atoms with E-state index in [-0.39, 0.29) is 0 Å². The van der Waals surface area contributed by atoms with Gasteiger partial charge in [0.2, 0.25) is 0 Å². The van der Waals surface area contributed by atoms with Crippen LogP contribution in [0, 0.1) is 0 Å². The van der Waals surface area contributed by atoms with E-state index in [1.807, 2.05) is 7.05 Å². The van der Waals surface area contributed by atoms with Crippen LogP contribution in [0.25, 0.3) is 0 Å². The van der Waals surface area contributed by atoms with Gasteiger partial charge in [0.05, 0.1) is 18.9 Å². The maximum absolute atomic E-state index is 5.45. The molecule has 0 saturated carbocycles. The normalized spacial score (nSPS) is 18.0. The van der Waals surface area contributed by atoms with Gasteiger partial charge >= 0.3 is 0 Å². The average molecular weight is 411 g/mol. The van der Waals surface area contributed by atoms with Crippen LogP contribution in [-0.2, 0) is 17.8 Å². The maximum atomic E-state index is 5.45. The molecule has 1 aromatic carbocycles. The Hall–Kier alpha value is -2.22. The van der Waals surface area contributed by atoms with Crippen LogP contribution in [0.1, 0.15) is 35.8 Å². The summed E-state index contributed by atoms with van der Waals surface area (Å²) in [7, 11) is 4.08. The second-order valence-electron chi connectivity index (χ2n) is 8.32. The molecule has 2 aliphatic heterocycles. The van der Waals surface area contributed by atoms with Gasteiger partial charge in [0.25, 0.3) is 0 Å². The number of piperidine rings is 1. The van der Waals surface area contributed by atoms with Crippen molar-refractivity contribution in [2.75, 3.05) is 63.7 Å². The van der Waals surface area contributed by atoms with Crippen LogP contribution >= 0.6 is 0 Å². The number of ether oxygens (including phenoxy) is 1. The molecule has 0 bridgehead atoms. The topological polar surface area (TPSA) is 65.5 Å². The zero-order chi connectivity index (χ0) is 20.8. The van der Waals surface area contributed by atoms with Gasteiger partial charge in [0.15, 0.2) is 0 Å². The fourth-order valence-electron chi connectivity index (χ4n) is 4.27. The number of hydrogen-bond acceptors (Lipinski definition) is 7. The number of morpholine rings is 1. The highest BCUT2D eigenvalue weighted by Gasteiger charge is 2.19. The maximum Gasteiger partial charge on any atom is 0.134 e. The Morgan fingerprint density at radius 3 is 2.53 bits per heavy atom. The SMILES string of the molecule is CNc1cc(CN(C)Cc2ccc(N3CCOCC3)cc2)nc(C2CCNCC2)n1. The zero-order valence-corrected chi connectivity index (χ0v) is 18.2. The Kier molecular flexibility index (Phi) is 7.15. The van der Waals surface area contributed by atoms with Gasteiger partial charge < -0.3 is 20.3 Å².